The molecule has 0 amide bonds. The Hall–Kier alpha value is -2.93. The number of methoxy groups -OCH3 is 2. The summed E-state index contributed by atoms with van der Waals surface area (Å²) in [5.41, 5.74) is -0.228. The molecule has 128 valence electrons. The van der Waals surface area contributed by atoms with Crippen molar-refractivity contribution in [1.82, 2.24) is 0 Å². The number of hydrogen-bond acceptors (Lipinski definition) is 6. The lowest BCUT2D eigenvalue weighted by Gasteiger charge is -2.21. The van der Waals surface area contributed by atoms with Crippen molar-refractivity contribution in [1.29, 1.82) is 0 Å². The summed E-state index contributed by atoms with van der Waals surface area (Å²) >= 11 is 0. The second kappa shape index (κ2) is 6.18. The first-order chi connectivity index (χ1) is 11.9. The van der Waals surface area contributed by atoms with Crippen LogP contribution in [-0.2, 0) is 19.3 Å². The number of benzene rings is 2. The van der Waals surface area contributed by atoms with Gasteiger partial charge in [0, 0.05) is 5.56 Å². The van der Waals surface area contributed by atoms with Crippen LogP contribution in [0.2, 0.25) is 0 Å². The van der Waals surface area contributed by atoms with E-state index in [0.717, 1.165) is 0 Å². The minimum atomic E-state index is -3.98. The summed E-state index contributed by atoms with van der Waals surface area (Å²) < 4.78 is 35.9. The van der Waals surface area contributed by atoms with Gasteiger partial charge in [0.15, 0.2) is 0 Å². The highest BCUT2D eigenvalue weighted by Gasteiger charge is 2.38. The molecule has 7 heteroatoms. The molecule has 25 heavy (non-hydrogen) atoms. The van der Waals surface area contributed by atoms with Gasteiger partial charge in [0.25, 0.3) is 0 Å². The van der Waals surface area contributed by atoms with Crippen molar-refractivity contribution < 1.29 is 27.5 Å². The molecule has 0 atom stereocenters. The number of Topliss-reactive ketones (excluding diaryl/α,β-unsaturated/α-hetero) is 2. The molecular formula is C18H14O6S. The molecule has 1 aliphatic carbocycles. The van der Waals surface area contributed by atoms with Crippen LogP contribution in [0.5, 0.6) is 0 Å². The van der Waals surface area contributed by atoms with Crippen LogP contribution in [0.1, 0.15) is 20.7 Å². The molecule has 2 aromatic carbocycles. The predicted octanol–water partition coefficient (Wildman–Crippen LogP) is 2.40. The third-order valence-corrected chi connectivity index (χ3v) is 5.68. The predicted molar refractivity (Wildman–Crippen MR) is 88.0 cm³/mol. The molecule has 6 nitrogen and oxygen atoms in total. The van der Waals surface area contributed by atoms with E-state index >= 15 is 0 Å². The van der Waals surface area contributed by atoms with Crippen molar-refractivity contribution >= 4 is 21.4 Å². The van der Waals surface area contributed by atoms with Crippen molar-refractivity contribution in [2.75, 3.05) is 14.2 Å². The van der Waals surface area contributed by atoms with Crippen molar-refractivity contribution in [3.63, 3.8) is 0 Å². The molecule has 0 radical (unpaired) electrons. The van der Waals surface area contributed by atoms with Crippen molar-refractivity contribution in [2.24, 2.45) is 0 Å². The number of ketones is 2. The zero-order chi connectivity index (χ0) is 18.2. The van der Waals surface area contributed by atoms with E-state index in [-0.39, 0.29) is 32.4 Å². The van der Waals surface area contributed by atoms with Crippen molar-refractivity contribution in [3.8, 4) is 0 Å². The van der Waals surface area contributed by atoms with E-state index in [1.165, 1.54) is 44.6 Å². The average molecular weight is 358 g/mol. The number of carbonyl (C=O) groups is 2. The minimum Gasteiger partial charge on any atom is -0.489 e. The summed E-state index contributed by atoms with van der Waals surface area (Å²) in [4.78, 5) is 25.1. The number of sulfone groups is 1. The standard InChI is InChI=1S/C18H14O6S/c1-23-17-15(19)12-9-6-10-13(14(12)16(20)18(17)24-2)25(21,22)11-7-4-3-5-8-11/h3-10H,1-2H3. The number of rotatable bonds is 4. The number of carbonyl (C=O) groups excluding carboxylic acids is 2. The second-order valence-corrected chi connectivity index (χ2v) is 7.14. The molecule has 3 rings (SSSR count). The Morgan fingerprint density at radius 2 is 1.36 bits per heavy atom. The van der Waals surface area contributed by atoms with Gasteiger partial charge in [-0.2, -0.15) is 0 Å². The van der Waals surface area contributed by atoms with Gasteiger partial charge in [-0.15, -0.1) is 0 Å². The van der Waals surface area contributed by atoms with Crippen LogP contribution >= 0.6 is 0 Å². The molecule has 1 aliphatic rings. The summed E-state index contributed by atoms with van der Waals surface area (Å²) in [6, 6.07) is 11.8. The first-order valence-corrected chi connectivity index (χ1v) is 8.76. The van der Waals surface area contributed by atoms with Crippen LogP contribution in [0.25, 0.3) is 0 Å². The van der Waals surface area contributed by atoms with E-state index in [0.29, 0.717) is 0 Å². The molecule has 2 aromatic rings. The quantitative estimate of drug-likeness (QED) is 0.834. The SMILES string of the molecule is COC1=C(OC)C(=O)c2c(cccc2S(=O)(=O)c2ccccc2)C1=O. The third kappa shape index (κ3) is 2.53. The second-order valence-electron chi connectivity index (χ2n) is 5.22. The lowest BCUT2D eigenvalue weighted by atomic mass is 9.92. The van der Waals surface area contributed by atoms with Crippen LogP contribution in [0, 0.1) is 0 Å². The normalized spacial score (nSPS) is 14.3. The van der Waals surface area contributed by atoms with E-state index < -0.39 is 21.4 Å². The average Bonchev–Trinajstić information content (AvgIpc) is 2.64. The zero-order valence-corrected chi connectivity index (χ0v) is 14.3. The Bertz CT molecular complexity index is 1000. The summed E-state index contributed by atoms with van der Waals surface area (Å²) in [5.74, 6) is -1.85. The van der Waals surface area contributed by atoms with Crippen LogP contribution in [0.4, 0.5) is 0 Å². The lowest BCUT2D eigenvalue weighted by molar-refractivity contribution is 0.0826. The lowest BCUT2D eigenvalue weighted by Crippen LogP contribution is -2.26. The Morgan fingerprint density at radius 1 is 0.760 bits per heavy atom. The fraction of sp³-hybridized carbons (Fsp3) is 0.111. The molecule has 0 spiro atoms. The van der Waals surface area contributed by atoms with Crippen LogP contribution in [-0.4, -0.2) is 34.2 Å². The number of hydrogen-bond donors (Lipinski definition) is 0. The van der Waals surface area contributed by atoms with Crippen LogP contribution in [0.3, 0.4) is 0 Å². The molecule has 0 saturated heterocycles. The summed E-state index contributed by atoms with van der Waals surface area (Å²) in [5, 5.41) is 0. The number of fused-ring (bicyclic) bond motifs is 1. The van der Waals surface area contributed by atoms with Gasteiger partial charge in [-0.3, -0.25) is 9.59 Å². The Kier molecular flexibility index (Phi) is 4.18. The highest BCUT2D eigenvalue weighted by Crippen LogP contribution is 2.33. The largest absolute Gasteiger partial charge is 0.489 e. The van der Waals surface area contributed by atoms with Gasteiger partial charge in [-0.05, 0) is 18.2 Å². The summed E-state index contributed by atoms with van der Waals surface area (Å²) in [6.07, 6.45) is 0. The maximum Gasteiger partial charge on any atom is 0.233 e. The molecule has 0 bridgehead atoms. The molecular weight excluding hydrogens is 344 g/mol. The monoisotopic (exact) mass is 358 g/mol. The van der Waals surface area contributed by atoms with Gasteiger partial charge < -0.3 is 9.47 Å². The molecule has 0 saturated carbocycles. The Balaban J connectivity index is 2.30. The van der Waals surface area contributed by atoms with E-state index in [1.54, 1.807) is 18.2 Å². The van der Waals surface area contributed by atoms with Crippen LogP contribution < -0.4 is 0 Å². The zero-order valence-electron chi connectivity index (χ0n) is 13.5. The van der Waals surface area contributed by atoms with E-state index in [4.69, 9.17) is 9.47 Å². The van der Waals surface area contributed by atoms with E-state index in [1.807, 2.05) is 0 Å². The molecule has 0 N–H and O–H groups in total. The molecule has 0 heterocycles. The van der Waals surface area contributed by atoms with Crippen molar-refractivity contribution in [3.05, 3.63) is 71.2 Å². The van der Waals surface area contributed by atoms with Gasteiger partial charge in [0.1, 0.15) is 0 Å². The van der Waals surface area contributed by atoms with Gasteiger partial charge in [0.05, 0.1) is 29.6 Å². The molecule has 0 fully saturated rings. The Labute approximate surface area is 144 Å². The smallest absolute Gasteiger partial charge is 0.233 e. The van der Waals surface area contributed by atoms with E-state index in [9.17, 15) is 18.0 Å². The molecule has 0 aliphatic heterocycles. The van der Waals surface area contributed by atoms with Gasteiger partial charge in [-0.1, -0.05) is 30.3 Å². The minimum absolute atomic E-state index is 0.0281. The molecule has 0 unspecified atom stereocenters. The number of ether oxygens (including phenoxy) is 2. The highest BCUT2D eigenvalue weighted by molar-refractivity contribution is 7.91. The topological polar surface area (TPSA) is 86.7 Å². The number of allylic oxidation sites excluding steroid dienone is 2. The van der Waals surface area contributed by atoms with Gasteiger partial charge in [0.2, 0.25) is 32.9 Å². The fourth-order valence-corrected chi connectivity index (χ4v) is 4.22. The highest BCUT2D eigenvalue weighted by atomic mass is 32.2. The fourth-order valence-electron chi connectivity index (χ4n) is 2.72. The third-order valence-electron chi connectivity index (χ3n) is 3.87. The van der Waals surface area contributed by atoms with Crippen LogP contribution in [0.15, 0.2) is 69.8 Å². The Morgan fingerprint density at radius 3 is 1.96 bits per heavy atom. The maximum atomic E-state index is 13.0. The van der Waals surface area contributed by atoms with Gasteiger partial charge in [-0.25, -0.2) is 8.42 Å². The maximum absolute atomic E-state index is 13.0. The molecule has 0 aromatic heterocycles. The van der Waals surface area contributed by atoms with E-state index in [2.05, 4.69) is 0 Å². The van der Waals surface area contributed by atoms with Gasteiger partial charge >= 0.3 is 0 Å². The summed E-state index contributed by atoms with van der Waals surface area (Å²) in [7, 11) is -1.52. The first-order valence-electron chi connectivity index (χ1n) is 7.28. The van der Waals surface area contributed by atoms with Crippen molar-refractivity contribution in [2.45, 2.75) is 9.79 Å². The first kappa shape index (κ1) is 16.9. The summed E-state index contributed by atoms with van der Waals surface area (Å²) in [6.45, 7) is 0.